The summed E-state index contributed by atoms with van der Waals surface area (Å²) in [4.78, 5) is 27.3. The van der Waals surface area contributed by atoms with E-state index in [9.17, 15) is 14.9 Å². The van der Waals surface area contributed by atoms with Gasteiger partial charge in [-0.05, 0) is 84.6 Å². The molecule has 2 aromatic carbocycles. The molecule has 0 unspecified atom stereocenters. The molecular weight excluding hydrogens is 506 g/mol. The van der Waals surface area contributed by atoms with E-state index in [-0.39, 0.29) is 17.4 Å². The van der Waals surface area contributed by atoms with Gasteiger partial charge in [-0.3, -0.25) is 14.9 Å². The number of likely N-dealkylation sites (tertiary alicyclic amines) is 1. The number of hydrogen-bond acceptors (Lipinski definition) is 9. The first-order valence-corrected chi connectivity index (χ1v) is 13.7. The van der Waals surface area contributed by atoms with E-state index >= 15 is 0 Å². The van der Waals surface area contributed by atoms with Gasteiger partial charge in [0.2, 0.25) is 5.16 Å². The van der Waals surface area contributed by atoms with Crippen LogP contribution in [-0.4, -0.2) is 62.2 Å². The Labute approximate surface area is 225 Å². The Bertz CT molecular complexity index is 1320. The zero-order chi connectivity index (χ0) is 26.6. The Balaban J connectivity index is 1.44. The molecule has 200 valence electrons. The van der Waals surface area contributed by atoms with E-state index in [0.717, 1.165) is 38.8 Å². The van der Waals surface area contributed by atoms with Gasteiger partial charge in [0.05, 0.1) is 16.2 Å². The second kappa shape index (κ2) is 11.5. The number of nitrogens with one attached hydrogen (secondary N) is 1. The fraction of sp³-hybridized carbons (Fsp3) is 0.462. The largest absolute Gasteiger partial charge is 0.488 e. The lowest BCUT2D eigenvalue weighted by molar-refractivity contribution is -0.384. The molecule has 2 fully saturated rings. The number of piperidine rings is 1. The second-order valence-corrected chi connectivity index (χ2v) is 10.9. The summed E-state index contributed by atoms with van der Waals surface area (Å²) in [6, 6.07) is 10.2. The van der Waals surface area contributed by atoms with Crippen LogP contribution in [0, 0.1) is 10.1 Å². The molecule has 1 amide bonds. The third-order valence-electron chi connectivity index (χ3n) is 7.24. The van der Waals surface area contributed by atoms with Crippen molar-refractivity contribution in [2.24, 2.45) is 7.05 Å². The maximum absolute atomic E-state index is 13.6. The van der Waals surface area contributed by atoms with Crippen molar-refractivity contribution in [3.63, 3.8) is 0 Å². The van der Waals surface area contributed by atoms with E-state index < -0.39 is 10.8 Å². The number of benzene rings is 2. The van der Waals surface area contributed by atoms with Gasteiger partial charge in [-0.2, -0.15) is 0 Å². The number of carbonyl (C=O) groups excluding carboxylic acids is 1. The van der Waals surface area contributed by atoms with Crippen LogP contribution in [0.15, 0.2) is 46.5 Å². The maximum atomic E-state index is 13.6. The minimum atomic E-state index is -0.514. The summed E-state index contributed by atoms with van der Waals surface area (Å²) in [6.07, 6.45) is 6.65. The number of anilines is 1. The Kier molecular flexibility index (Phi) is 7.89. The molecule has 11 nitrogen and oxygen atoms in total. The Morgan fingerprint density at radius 1 is 1.11 bits per heavy atom. The molecule has 38 heavy (non-hydrogen) atoms. The summed E-state index contributed by atoms with van der Waals surface area (Å²) in [5.41, 5.74) is 1.77. The Morgan fingerprint density at radius 2 is 1.87 bits per heavy atom. The molecule has 1 aliphatic heterocycles. The van der Waals surface area contributed by atoms with Crippen molar-refractivity contribution >= 4 is 29.0 Å². The lowest BCUT2D eigenvalue weighted by Crippen LogP contribution is -2.35. The molecule has 5 rings (SSSR count). The smallest absolute Gasteiger partial charge is 0.270 e. The SMILES string of the molecule is CN1CCC(Oc2cc(C3CCCC3)ccc2NC(=O)c2cc([N+](=O)[O-])ccc2Sc2nnnn2C)CC1. The topological polar surface area (TPSA) is 128 Å². The summed E-state index contributed by atoms with van der Waals surface area (Å²) < 4.78 is 7.96. The first kappa shape index (κ1) is 26.1. The van der Waals surface area contributed by atoms with Crippen LogP contribution in [-0.2, 0) is 7.05 Å². The highest BCUT2D eigenvalue weighted by atomic mass is 32.2. The van der Waals surface area contributed by atoms with E-state index in [1.165, 1.54) is 47.0 Å². The molecule has 1 aliphatic carbocycles. The number of aryl methyl sites for hydroxylation is 1. The number of hydrogen-bond donors (Lipinski definition) is 1. The standard InChI is InChI=1S/C26H31N7O4S/c1-31-13-11-20(12-14-31)37-23-15-18(17-5-3-4-6-17)7-9-22(23)27-25(34)21-16-19(33(35)36)8-10-24(21)38-26-28-29-30-32(26)2/h7-10,15-17,20H,3-6,11-14H2,1-2H3,(H,27,34). The van der Waals surface area contributed by atoms with E-state index in [1.54, 1.807) is 13.1 Å². The van der Waals surface area contributed by atoms with Crippen molar-refractivity contribution in [2.75, 3.05) is 25.5 Å². The lowest BCUT2D eigenvalue weighted by atomic mass is 9.97. The van der Waals surface area contributed by atoms with Gasteiger partial charge in [0.15, 0.2) is 0 Å². The molecule has 1 saturated carbocycles. The average Bonchev–Trinajstić information content (AvgIpc) is 3.59. The van der Waals surface area contributed by atoms with Crippen molar-refractivity contribution in [1.82, 2.24) is 25.1 Å². The molecule has 0 bridgehead atoms. The summed E-state index contributed by atoms with van der Waals surface area (Å²) in [5.74, 6) is 0.682. The summed E-state index contributed by atoms with van der Waals surface area (Å²) >= 11 is 1.17. The van der Waals surface area contributed by atoms with Gasteiger partial charge < -0.3 is 15.0 Å². The second-order valence-electron chi connectivity index (χ2n) is 9.94. The van der Waals surface area contributed by atoms with Crippen molar-refractivity contribution in [3.8, 4) is 5.75 Å². The van der Waals surface area contributed by atoms with Gasteiger partial charge in [-0.25, -0.2) is 4.68 Å². The molecule has 2 aliphatic rings. The highest BCUT2D eigenvalue weighted by Crippen LogP contribution is 2.39. The zero-order valence-electron chi connectivity index (χ0n) is 21.5. The highest BCUT2D eigenvalue weighted by Gasteiger charge is 2.24. The molecular formula is C26H31N7O4S. The van der Waals surface area contributed by atoms with Crippen LogP contribution in [0.1, 0.15) is 60.4 Å². The van der Waals surface area contributed by atoms with Crippen LogP contribution in [0.3, 0.4) is 0 Å². The van der Waals surface area contributed by atoms with Gasteiger partial charge in [0, 0.05) is 37.2 Å². The highest BCUT2D eigenvalue weighted by molar-refractivity contribution is 7.99. The average molecular weight is 538 g/mol. The number of carbonyl (C=O) groups is 1. The summed E-state index contributed by atoms with van der Waals surface area (Å²) in [6.45, 7) is 1.92. The van der Waals surface area contributed by atoms with Crippen molar-refractivity contribution in [2.45, 2.75) is 60.6 Å². The van der Waals surface area contributed by atoms with Gasteiger partial charge in [0.1, 0.15) is 11.9 Å². The Hall–Kier alpha value is -3.51. The molecule has 0 spiro atoms. The monoisotopic (exact) mass is 537 g/mol. The minimum absolute atomic E-state index is 0.0630. The van der Waals surface area contributed by atoms with Crippen molar-refractivity contribution in [3.05, 3.63) is 57.6 Å². The third kappa shape index (κ3) is 5.97. The van der Waals surface area contributed by atoms with Gasteiger partial charge in [-0.1, -0.05) is 18.9 Å². The molecule has 1 saturated heterocycles. The molecule has 1 aromatic heterocycles. The number of non-ortho nitro benzene ring substituents is 1. The number of tetrazole rings is 1. The first-order valence-electron chi connectivity index (χ1n) is 12.9. The summed E-state index contributed by atoms with van der Waals surface area (Å²) in [5, 5.41) is 26.3. The quantitative estimate of drug-likeness (QED) is 0.322. The zero-order valence-corrected chi connectivity index (χ0v) is 22.3. The molecule has 3 aromatic rings. The summed E-state index contributed by atoms with van der Waals surface area (Å²) in [7, 11) is 3.79. The molecule has 0 radical (unpaired) electrons. The van der Waals surface area contributed by atoms with Gasteiger partial charge >= 0.3 is 0 Å². The molecule has 0 atom stereocenters. The van der Waals surface area contributed by atoms with E-state index in [1.807, 2.05) is 6.07 Å². The van der Waals surface area contributed by atoms with E-state index in [0.29, 0.717) is 27.4 Å². The number of ether oxygens (including phenoxy) is 1. The number of aromatic nitrogens is 4. The van der Waals surface area contributed by atoms with E-state index in [4.69, 9.17) is 4.74 Å². The third-order valence-corrected chi connectivity index (χ3v) is 8.35. The fourth-order valence-electron chi connectivity index (χ4n) is 5.03. The fourth-order valence-corrected chi connectivity index (χ4v) is 5.87. The Morgan fingerprint density at radius 3 is 2.55 bits per heavy atom. The number of amides is 1. The minimum Gasteiger partial charge on any atom is -0.488 e. The maximum Gasteiger partial charge on any atom is 0.270 e. The number of nitro benzene ring substituents is 1. The lowest BCUT2D eigenvalue weighted by Gasteiger charge is -2.30. The van der Waals surface area contributed by atoms with E-state index in [2.05, 4.69) is 44.9 Å². The predicted molar refractivity (Wildman–Crippen MR) is 143 cm³/mol. The number of nitrogens with zero attached hydrogens (tertiary/aromatic N) is 6. The predicted octanol–water partition coefficient (Wildman–Crippen LogP) is 4.65. The van der Waals surface area contributed by atoms with Crippen LogP contribution in [0.2, 0.25) is 0 Å². The number of rotatable bonds is 8. The van der Waals surface area contributed by atoms with Crippen LogP contribution >= 0.6 is 11.8 Å². The van der Waals surface area contributed by atoms with Crippen LogP contribution in [0.4, 0.5) is 11.4 Å². The van der Waals surface area contributed by atoms with Crippen molar-refractivity contribution < 1.29 is 14.5 Å². The van der Waals surface area contributed by atoms with Gasteiger partial charge in [-0.15, -0.1) is 5.10 Å². The molecule has 12 heteroatoms. The number of nitro groups is 1. The van der Waals surface area contributed by atoms with Crippen LogP contribution in [0.5, 0.6) is 5.75 Å². The van der Waals surface area contributed by atoms with Crippen LogP contribution in [0.25, 0.3) is 0 Å². The van der Waals surface area contributed by atoms with Crippen molar-refractivity contribution in [1.29, 1.82) is 0 Å². The first-order chi connectivity index (χ1) is 18.4. The molecule has 1 N–H and O–H groups in total. The van der Waals surface area contributed by atoms with Gasteiger partial charge in [0.25, 0.3) is 11.6 Å². The van der Waals surface area contributed by atoms with Crippen LogP contribution < -0.4 is 10.1 Å². The normalized spacial score (nSPS) is 17.0. The molecule has 2 heterocycles.